The van der Waals surface area contributed by atoms with Gasteiger partial charge in [0.2, 0.25) is 5.91 Å². The Hall–Kier alpha value is -2.29. The Labute approximate surface area is 165 Å². The summed E-state index contributed by atoms with van der Waals surface area (Å²) in [4.78, 5) is 26.9. The average molecular weight is 408 g/mol. The van der Waals surface area contributed by atoms with E-state index < -0.39 is 17.2 Å². The van der Waals surface area contributed by atoms with Gasteiger partial charge >= 0.3 is 0 Å². The second-order valence-corrected chi connectivity index (χ2v) is 8.13. The van der Waals surface area contributed by atoms with Crippen LogP contribution in [0.3, 0.4) is 0 Å². The molecule has 0 unspecified atom stereocenters. The molecule has 0 saturated heterocycles. The van der Waals surface area contributed by atoms with Gasteiger partial charge in [0, 0.05) is 11.6 Å². The third-order valence-electron chi connectivity index (χ3n) is 5.26. The van der Waals surface area contributed by atoms with Crippen LogP contribution in [0, 0.1) is 23.5 Å². The number of nitrogens with one attached hydrogen (secondary N) is 2. The maximum Gasteiger partial charge on any atom is 0.278 e. The molecule has 2 aromatic rings. The van der Waals surface area contributed by atoms with Gasteiger partial charge in [0.05, 0.1) is 5.75 Å². The monoisotopic (exact) mass is 408 g/mol. The van der Waals surface area contributed by atoms with Crippen LogP contribution >= 0.6 is 11.8 Å². The zero-order valence-corrected chi connectivity index (χ0v) is 16.5. The summed E-state index contributed by atoms with van der Waals surface area (Å²) in [5.74, 6) is -1.08. The van der Waals surface area contributed by atoms with E-state index in [1.54, 1.807) is 0 Å². The lowest BCUT2D eigenvalue weighted by atomic mass is 9.78. The number of aromatic nitrogens is 3. The van der Waals surface area contributed by atoms with E-state index in [-0.39, 0.29) is 34.1 Å². The molecule has 3 atom stereocenters. The van der Waals surface area contributed by atoms with Gasteiger partial charge in [0.15, 0.2) is 22.5 Å². The molecule has 0 aliphatic heterocycles. The van der Waals surface area contributed by atoms with Crippen LogP contribution in [0.1, 0.15) is 33.1 Å². The first kappa shape index (κ1) is 20.4. The number of carbonyl (C=O) groups excluding carboxylic acids is 1. The number of hydrogen-bond acceptors (Lipinski definition) is 5. The lowest BCUT2D eigenvalue weighted by molar-refractivity contribution is -0.120. The first-order chi connectivity index (χ1) is 13.3. The molecule has 1 heterocycles. The van der Waals surface area contributed by atoms with Crippen molar-refractivity contribution in [3.8, 4) is 11.3 Å². The van der Waals surface area contributed by atoms with Gasteiger partial charge < -0.3 is 5.32 Å². The van der Waals surface area contributed by atoms with Gasteiger partial charge in [-0.05, 0) is 36.5 Å². The molecule has 0 bridgehead atoms. The normalized spacial score (nSPS) is 22.1. The molecule has 0 radical (unpaired) electrons. The highest BCUT2D eigenvalue weighted by molar-refractivity contribution is 7.99. The van der Waals surface area contributed by atoms with E-state index >= 15 is 0 Å². The number of rotatable bonds is 5. The van der Waals surface area contributed by atoms with E-state index in [2.05, 4.69) is 34.3 Å². The van der Waals surface area contributed by atoms with Crippen molar-refractivity contribution in [1.29, 1.82) is 0 Å². The van der Waals surface area contributed by atoms with Gasteiger partial charge in [-0.15, -0.1) is 10.2 Å². The summed E-state index contributed by atoms with van der Waals surface area (Å²) in [7, 11) is 0. The average Bonchev–Trinajstić information content (AvgIpc) is 2.66. The van der Waals surface area contributed by atoms with Crippen molar-refractivity contribution < 1.29 is 13.6 Å². The number of nitrogens with zero attached hydrogens (tertiary/aromatic N) is 2. The molecule has 0 spiro atoms. The maximum absolute atomic E-state index is 13.3. The van der Waals surface area contributed by atoms with E-state index in [1.807, 2.05) is 0 Å². The quantitative estimate of drug-likeness (QED) is 0.742. The molecule has 1 aliphatic rings. The fraction of sp³-hybridized carbons (Fsp3) is 0.474. The van der Waals surface area contributed by atoms with Crippen molar-refractivity contribution in [3.05, 3.63) is 40.2 Å². The molecular weight excluding hydrogens is 386 g/mol. The molecule has 1 amide bonds. The minimum Gasteiger partial charge on any atom is -0.352 e. The molecule has 1 saturated carbocycles. The SMILES string of the molecule is C[C@@H]1[C@H](C)CCC[C@@H]1NC(=O)CSc1nnc(-c2ccc(F)c(F)c2)c(=O)[nH]1. The second kappa shape index (κ2) is 8.81. The van der Waals surface area contributed by atoms with Crippen LogP contribution in [-0.4, -0.2) is 32.9 Å². The third-order valence-corrected chi connectivity index (χ3v) is 6.13. The summed E-state index contributed by atoms with van der Waals surface area (Å²) >= 11 is 1.07. The molecule has 28 heavy (non-hydrogen) atoms. The number of aromatic amines is 1. The lowest BCUT2D eigenvalue weighted by Crippen LogP contribution is -2.44. The molecule has 150 valence electrons. The van der Waals surface area contributed by atoms with E-state index in [9.17, 15) is 18.4 Å². The summed E-state index contributed by atoms with van der Waals surface area (Å²) in [6.07, 6.45) is 3.26. The van der Waals surface area contributed by atoms with Crippen LogP contribution in [0.15, 0.2) is 28.2 Å². The van der Waals surface area contributed by atoms with Gasteiger partial charge in [-0.25, -0.2) is 8.78 Å². The van der Waals surface area contributed by atoms with E-state index in [0.29, 0.717) is 11.8 Å². The highest BCUT2D eigenvalue weighted by Crippen LogP contribution is 2.29. The van der Waals surface area contributed by atoms with Crippen LogP contribution in [0.2, 0.25) is 0 Å². The van der Waals surface area contributed by atoms with Crippen molar-refractivity contribution >= 4 is 17.7 Å². The predicted octanol–water partition coefficient (Wildman–Crippen LogP) is 3.14. The Morgan fingerprint density at radius 1 is 1.25 bits per heavy atom. The number of hydrogen-bond donors (Lipinski definition) is 2. The Morgan fingerprint density at radius 2 is 2.04 bits per heavy atom. The van der Waals surface area contributed by atoms with Gasteiger partial charge in [-0.2, -0.15) is 0 Å². The topological polar surface area (TPSA) is 87.7 Å². The molecule has 9 heteroatoms. The predicted molar refractivity (Wildman–Crippen MR) is 103 cm³/mol. The highest BCUT2D eigenvalue weighted by Gasteiger charge is 2.28. The van der Waals surface area contributed by atoms with E-state index in [1.165, 1.54) is 12.5 Å². The molecule has 1 aliphatic carbocycles. The Bertz CT molecular complexity index is 921. The molecular formula is C19H22F2N4O2S. The zero-order valence-electron chi connectivity index (χ0n) is 15.7. The third kappa shape index (κ3) is 4.76. The van der Waals surface area contributed by atoms with Crippen molar-refractivity contribution in [1.82, 2.24) is 20.5 Å². The van der Waals surface area contributed by atoms with Crippen LogP contribution in [0.25, 0.3) is 11.3 Å². The van der Waals surface area contributed by atoms with Gasteiger partial charge in [-0.1, -0.05) is 38.5 Å². The number of halogens is 2. The highest BCUT2D eigenvalue weighted by atomic mass is 32.2. The minimum absolute atomic E-state index is 0.104. The lowest BCUT2D eigenvalue weighted by Gasteiger charge is -2.34. The van der Waals surface area contributed by atoms with E-state index in [0.717, 1.165) is 36.7 Å². The smallest absolute Gasteiger partial charge is 0.278 e. The molecule has 1 aromatic heterocycles. The maximum atomic E-state index is 13.3. The summed E-state index contributed by atoms with van der Waals surface area (Å²) in [6, 6.07) is 3.23. The van der Waals surface area contributed by atoms with Crippen molar-refractivity contribution in [2.75, 3.05) is 5.75 Å². The van der Waals surface area contributed by atoms with Crippen molar-refractivity contribution in [2.24, 2.45) is 11.8 Å². The van der Waals surface area contributed by atoms with Crippen molar-refractivity contribution in [2.45, 2.75) is 44.3 Å². The van der Waals surface area contributed by atoms with E-state index in [4.69, 9.17) is 0 Å². The molecule has 2 N–H and O–H groups in total. The fourth-order valence-electron chi connectivity index (χ4n) is 3.39. The molecule has 6 nitrogen and oxygen atoms in total. The number of amides is 1. The summed E-state index contributed by atoms with van der Waals surface area (Å²) < 4.78 is 26.4. The molecule has 3 rings (SSSR count). The van der Waals surface area contributed by atoms with Crippen molar-refractivity contribution in [3.63, 3.8) is 0 Å². The van der Waals surface area contributed by atoms with Gasteiger partial charge in [0.25, 0.3) is 5.56 Å². The minimum atomic E-state index is -1.07. The van der Waals surface area contributed by atoms with Gasteiger partial charge in [-0.3, -0.25) is 14.6 Å². The molecule has 1 aromatic carbocycles. The van der Waals surface area contributed by atoms with Crippen LogP contribution in [-0.2, 0) is 4.79 Å². The van der Waals surface area contributed by atoms with Gasteiger partial charge in [0.1, 0.15) is 0 Å². The first-order valence-corrected chi connectivity index (χ1v) is 10.2. The number of H-pyrrole nitrogens is 1. The summed E-state index contributed by atoms with van der Waals surface area (Å²) in [5.41, 5.74) is -0.571. The van der Waals surface area contributed by atoms with Crippen LogP contribution in [0.4, 0.5) is 8.78 Å². The summed E-state index contributed by atoms with van der Waals surface area (Å²) in [5, 5.41) is 10.9. The second-order valence-electron chi connectivity index (χ2n) is 7.17. The zero-order chi connectivity index (χ0) is 20.3. The number of benzene rings is 1. The largest absolute Gasteiger partial charge is 0.352 e. The fourth-order valence-corrected chi connectivity index (χ4v) is 4.00. The number of carbonyl (C=O) groups is 1. The Kier molecular flexibility index (Phi) is 6.43. The van der Waals surface area contributed by atoms with Crippen LogP contribution < -0.4 is 10.9 Å². The van der Waals surface area contributed by atoms with Crippen LogP contribution in [0.5, 0.6) is 0 Å². The summed E-state index contributed by atoms with van der Waals surface area (Å²) in [6.45, 7) is 4.36. The first-order valence-electron chi connectivity index (χ1n) is 9.19. The Balaban J connectivity index is 1.61. The number of thioether (sulfide) groups is 1. The standard InChI is InChI=1S/C19H22F2N4O2S/c1-10-4-3-5-15(11(10)2)22-16(26)9-28-19-23-18(27)17(24-25-19)12-6-7-13(20)14(21)8-12/h6-8,10-11,15H,3-5,9H2,1-2H3,(H,22,26)(H,23,25,27)/t10-,11-,15+/m1/s1. The Morgan fingerprint density at radius 3 is 2.75 bits per heavy atom. The molecule has 1 fully saturated rings.